The highest BCUT2D eigenvalue weighted by molar-refractivity contribution is 6.08. The fourth-order valence-corrected chi connectivity index (χ4v) is 6.25. The second-order valence-corrected chi connectivity index (χ2v) is 11.0. The number of furan rings is 1. The maximum Gasteiger partial charge on any atom is 0.282 e. The Morgan fingerprint density at radius 3 is 2.02 bits per heavy atom. The highest BCUT2D eigenvalue weighted by Gasteiger charge is 2.22. The van der Waals surface area contributed by atoms with Gasteiger partial charge in [-0.25, -0.2) is 14.5 Å². The Bertz CT molecular complexity index is 2740. The van der Waals surface area contributed by atoms with E-state index in [1.807, 2.05) is 103 Å². The molecule has 0 saturated carbocycles. The van der Waals surface area contributed by atoms with E-state index in [1.54, 1.807) is 12.1 Å². The minimum atomic E-state index is -0.396. The van der Waals surface area contributed by atoms with Crippen molar-refractivity contribution in [2.45, 2.75) is 0 Å². The highest BCUT2D eigenvalue weighted by Crippen LogP contribution is 2.36. The largest absolute Gasteiger partial charge is 0.452 e. The van der Waals surface area contributed by atoms with E-state index >= 15 is 0 Å². The molecule has 212 valence electrons. The van der Waals surface area contributed by atoms with Crippen LogP contribution in [0, 0.1) is 0 Å². The number of para-hydroxylation sites is 2. The van der Waals surface area contributed by atoms with E-state index in [1.165, 1.54) is 8.97 Å². The third-order valence-electron chi connectivity index (χ3n) is 8.37. The molecule has 4 aromatic heterocycles. The Morgan fingerprint density at radius 1 is 0.533 bits per heavy atom. The standard InChI is InChI=1S/C38H22N4O3/c43-36-27-16-8-7-15-26(27)22-31-37(44)42(30-18-10-9-17-29(30)41(31)36)38-39-33(24-13-5-2-6-14-24)35-34(40-38)28-21-25(19-20-32(28)45-35)23-11-3-1-4-12-23/h1-22H. The number of nitrogens with zero attached hydrogens (tertiary/aromatic N) is 4. The molecule has 0 radical (unpaired) electrons. The molecule has 0 saturated heterocycles. The number of hydrogen-bond donors (Lipinski definition) is 0. The zero-order valence-electron chi connectivity index (χ0n) is 23.7. The highest BCUT2D eigenvalue weighted by atomic mass is 16.3. The Morgan fingerprint density at radius 2 is 1.22 bits per heavy atom. The van der Waals surface area contributed by atoms with Crippen molar-refractivity contribution in [3.05, 3.63) is 154 Å². The molecule has 0 unspecified atom stereocenters. The van der Waals surface area contributed by atoms with Crippen molar-refractivity contribution in [3.8, 4) is 28.3 Å². The van der Waals surface area contributed by atoms with Crippen molar-refractivity contribution in [2.75, 3.05) is 0 Å². The second-order valence-electron chi connectivity index (χ2n) is 11.0. The number of hydrogen-bond acceptors (Lipinski definition) is 5. The Hall–Kier alpha value is -6.34. The van der Waals surface area contributed by atoms with Crippen molar-refractivity contribution < 1.29 is 4.42 Å². The summed E-state index contributed by atoms with van der Waals surface area (Å²) in [5.74, 6) is 0.193. The van der Waals surface area contributed by atoms with E-state index < -0.39 is 5.56 Å². The summed E-state index contributed by atoms with van der Waals surface area (Å²) in [6.45, 7) is 0. The molecule has 7 nitrogen and oxygen atoms in total. The summed E-state index contributed by atoms with van der Waals surface area (Å²) in [5.41, 5.74) is 5.98. The lowest BCUT2D eigenvalue weighted by Crippen LogP contribution is -2.28. The average Bonchev–Trinajstić information content (AvgIpc) is 3.47. The SMILES string of the molecule is O=c1c2cc3ccccc3c(=O)n2c2ccccc2n1-c1nc(-c2ccccc2)c2oc3ccc(-c4ccccc4)cc3c2n1. The zero-order valence-corrected chi connectivity index (χ0v) is 23.7. The van der Waals surface area contributed by atoms with Gasteiger partial charge in [-0.05, 0) is 52.9 Å². The molecule has 9 rings (SSSR count). The minimum absolute atomic E-state index is 0.193. The van der Waals surface area contributed by atoms with Crippen LogP contribution in [0.5, 0.6) is 0 Å². The Balaban J connectivity index is 1.43. The fraction of sp³-hybridized carbons (Fsp3) is 0. The Labute approximate surface area is 254 Å². The first-order valence-corrected chi connectivity index (χ1v) is 14.6. The van der Waals surface area contributed by atoms with E-state index in [4.69, 9.17) is 14.4 Å². The van der Waals surface area contributed by atoms with Crippen LogP contribution in [-0.2, 0) is 0 Å². The lowest BCUT2D eigenvalue weighted by molar-refractivity contribution is 0.666. The molecule has 0 N–H and O–H groups in total. The molecular weight excluding hydrogens is 560 g/mol. The molecule has 0 fully saturated rings. The molecule has 45 heavy (non-hydrogen) atoms. The first-order valence-electron chi connectivity index (χ1n) is 14.6. The molecule has 0 atom stereocenters. The molecule has 0 amide bonds. The van der Waals surface area contributed by atoms with Crippen LogP contribution in [0.15, 0.2) is 147 Å². The van der Waals surface area contributed by atoms with E-state index in [9.17, 15) is 9.59 Å². The topological polar surface area (TPSA) is 82.4 Å². The van der Waals surface area contributed by atoms with Gasteiger partial charge in [-0.15, -0.1) is 0 Å². The van der Waals surface area contributed by atoms with Crippen LogP contribution < -0.4 is 11.1 Å². The first-order chi connectivity index (χ1) is 22.2. The van der Waals surface area contributed by atoms with E-state index in [0.717, 1.165) is 22.1 Å². The van der Waals surface area contributed by atoms with Crippen LogP contribution in [-0.4, -0.2) is 18.9 Å². The van der Waals surface area contributed by atoms with Crippen molar-refractivity contribution in [1.29, 1.82) is 0 Å². The number of aromatic nitrogens is 4. The van der Waals surface area contributed by atoms with Gasteiger partial charge in [-0.2, -0.15) is 0 Å². The van der Waals surface area contributed by atoms with Crippen LogP contribution in [0.4, 0.5) is 0 Å². The summed E-state index contributed by atoms with van der Waals surface area (Å²) in [6, 6.07) is 42.3. The van der Waals surface area contributed by atoms with Gasteiger partial charge in [-0.3, -0.25) is 14.0 Å². The summed E-state index contributed by atoms with van der Waals surface area (Å²) in [5, 5.41) is 2.05. The number of rotatable bonds is 3. The summed E-state index contributed by atoms with van der Waals surface area (Å²) < 4.78 is 9.41. The van der Waals surface area contributed by atoms with Crippen LogP contribution in [0.3, 0.4) is 0 Å². The van der Waals surface area contributed by atoms with Crippen LogP contribution >= 0.6 is 0 Å². The summed E-state index contributed by atoms with van der Waals surface area (Å²) in [7, 11) is 0. The van der Waals surface area contributed by atoms with E-state index in [0.29, 0.717) is 44.2 Å². The normalized spacial score (nSPS) is 11.7. The third-order valence-corrected chi connectivity index (χ3v) is 8.37. The van der Waals surface area contributed by atoms with Crippen LogP contribution in [0.1, 0.15) is 0 Å². The van der Waals surface area contributed by atoms with Gasteiger partial charge >= 0.3 is 0 Å². The fourth-order valence-electron chi connectivity index (χ4n) is 6.25. The predicted molar refractivity (Wildman–Crippen MR) is 178 cm³/mol. The molecule has 0 spiro atoms. The molecule has 0 aliphatic heterocycles. The second kappa shape index (κ2) is 9.59. The molecule has 0 aliphatic rings. The Kier molecular flexibility index (Phi) is 5.37. The first kappa shape index (κ1) is 25.2. The summed E-state index contributed by atoms with van der Waals surface area (Å²) in [4.78, 5) is 38.2. The van der Waals surface area contributed by atoms with Gasteiger partial charge in [-0.1, -0.05) is 97.1 Å². The molecule has 4 heterocycles. The smallest absolute Gasteiger partial charge is 0.282 e. The molecule has 7 heteroatoms. The molecular formula is C38H22N4O3. The molecule has 5 aromatic carbocycles. The molecule has 0 aliphatic carbocycles. The molecule has 0 bridgehead atoms. The van der Waals surface area contributed by atoms with Gasteiger partial charge < -0.3 is 4.42 Å². The number of pyridine rings is 1. The maximum atomic E-state index is 14.5. The lowest BCUT2D eigenvalue weighted by atomic mass is 10.0. The van der Waals surface area contributed by atoms with Gasteiger partial charge in [0.15, 0.2) is 5.58 Å². The number of benzene rings is 5. The third kappa shape index (κ3) is 3.77. The summed E-state index contributed by atoms with van der Waals surface area (Å²) >= 11 is 0. The van der Waals surface area contributed by atoms with Gasteiger partial charge in [0.2, 0.25) is 5.95 Å². The lowest BCUT2D eigenvalue weighted by Gasteiger charge is -2.14. The number of fused-ring (bicyclic) bond motifs is 7. The monoisotopic (exact) mass is 582 g/mol. The van der Waals surface area contributed by atoms with Crippen molar-refractivity contribution >= 4 is 49.4 Å². The van der Waals surface area contributed by atoms with E-state index in [2.05, 4.69) is 18.2 Å². The average molecular weight is 583 g/mol. The van der Waals surface area contributed by atoms with Gasteiger partial charge in [0.25, 0.3) is 11.1 Å². The van der Waals surface area contributed by atoms with E-state index in [-0.39, 0.29) is 17.0 Å². The van der Waals surface area contributed by atoms with Crippen molar-refractivity contribution in [1.82, 2.24) is 18.9 Å². The van der Waals surface area contributed by atoms with Gasteiger partial charge in [0.1, 0.15) is 22.3 Å². The zero-order chi connectivity index (χ0) is 30.1. The van der Waals surface area contributed by atoms with Crippen LogP contribution in [0.2, 0.25) is 0 Å². The van der Waals surface area contributed by atoms with Gasteiger partial charge in [0.05, 0.1) is 11.0 Å². The summed E-state index contributed by atoms with van der Waals surface area (Å²) in [6.07, 6.45) is 0. The predicted octanol–water partition coefficient (Wildman–Crippen LogP) is 7.78. The maximum absolute atomic E-state index is 14.5. The van der Waals surface area contributed by atoms with Gasteiger partial charge in [0, 0.05) is 16.3 Å². The van der Waals surface area contributed by atoms with Crippen LogP contribution in [0.25, 0.3) is 77.7 Å². The van der Waals surface area contributed by atoms with Crippen molar-refractivity contribution in [2.24, 2.45) is 0 Å². The van der Waals surface area contributed by atoms with Crippen molar-refractivity contribution in [3.63, 3.8) is 0 Å². The minimum Gasteiger partial charge on any atom is -0.452 e. The molecule has 9 aromatic rings. The quantitative estimate of drug-likeness (QED) is 0.157.